The number of rotatable bonds is 4. The minimum Gasteiger partial charge on any atom is -0.497 e. The molecule has 0 saturated heterocycles. The number of fused-ring (bicyclic) bond motifs is 1. The second-order valence-electron chi connectivity index (χ2n) is 4.00. The maximum absolute atomic E-state index is 8.91. The lowest BCUT2D eigenvalue weighted by molar-refractivity contribution is 0.274. The maximum atomic E-state index is 8.91. The summed E-state index contributed by atoms with van der Waals surface area (Å²) >= 11 is 0. The number of aliphatic hydroxyl groups excluding tert-OH is 1. The van der Waals surface area contributed by atoms with Crippen LogP contribution in [0.1, 0.15) is 18.3 Å². The predicted molar refractivity (Wildman–Crippen MR) is 65.9 cm³/mol. The normalized spacial score (nSPS) is 12.9. The van der Waals surface area contributed by atoms with Crippen molar-refractivity contribution in [3.8, 4) is 5.75 Å². The minimum atomic E-state index is -0.247. The highest BCUT2D eigenvalue weighted by Crippen LogP contribution is 2.23. The van der Waals surface area contributed by atoms with Gasteiger partial charge in [-0.15, -0.1) is 0 Å². The van der Waals surface area contributed by atoms with Gasteiger partial charge in [0.15, 0.2) is 0 Å². The highest BCUT2D eigenvalue weighted by Gasteiger charge is 2.14. The van der Waals surface area contributed by atoms with Crippen LogP contribution in [-0.4, -0.2) is 28.4 Å². The third kappa shape index (κ3) is 2.11. The summed E-state index contributed by atoms with van der Waals surface area (Å²) in [7, 11) is 3.55. The molecule has 92 valence electrons. The van der Waals surface area contributed by atoms with Gasteiger partial charge < -0.3 is 20.1 Å². The van der Waals surface area contributed by atoms with Crippen LogP contribution in [0, 0.1) is 0 Å². The first kappa shape index (κ1) is 11.9. The highest BCUT2D eigenvalue weighted by atomic mass is 16.5. The Kier molecular flexibility index (Phi) is 3.31. The van der Waals surface area contributed by atoms with Crippen LogP contribution in [-0.2, 0) is 7.05 Å². The zero-order chi connectivity index (χ0) is 12.4. The molecule has 0 fully saturated rings. The lowest BCUT2D eigenvalue weighted by Gasteiger charge is -2.09. The summed E-state index contributed by atoms with van der Waals surface area (Å²) in [5, 5.41) is 8.91. The smallest absolute Gasteiger partial charge is 0.126 e. The number of aliphatic hydroxyl groups is 1. The van der Waals surface area contributed by atoms with Gasteiger partial charge in [-0.05, 0) is 18.6 Å². The zero-order valence-electron chi connectivity index (χ0n) is 10.1. The summed E-state index contributed by atoms with van der Waals surface area (Å²) in [6.07, 6.45) is 0.508. The number of ether oxygens (including phenoxy) is 1. The van der Waals surface area contributed by atoms with Crippen molar-refractivity contribution in [3.63, 3.8) is 0 Å². The number of methoxy groups -OCH3 is 1. The van der Waals surface area contributed by atoms with E-state index in [0.717, 1.165) is 22.6 Å². The number of nitrogens with zero attached hydrogens (tertiary/aromatic N) is 2. The molecule has 5 nitrogen and oxygen atoms in total. The van der Waals surface area contributed by atoms with Crippen LogP contribution < -0.4 is 10.5 Å². The van der Waals surface area contributed by atoms with E-state index < -0.39 is 0 Å². The molecule has 0 spiro atoms. The highest BCUT2D eigenvalue weighted by molar-refractivity contribution is 5.77. The Bertz CT molecular complexity index is 522. The lowest BCUT2D eigenvalue weighted by Crippen LogP contribution is -2.16. The molecule has 0 bridgehead atoms. The average molecular weight is 235 g/mol. The Morgan fingerprint density at radius 1 is 1.53 bits per heavy atom. The monoisotopic (exact) mass is 235 g/mol. The summed E-state index contributed by atoms with van der Waals surface area (Å²) in [6, 6.07) is 5.48. The van der Waals surface area contributed by atoms with E-state index in [4.69, 9.17) is 15.6 Å². The second kappa shape index (κ2) is 4.73. The number of imidazole rings is 1. The van der Waals surface area contributed by atoms with Crippen LogP contribution in [0.3, 0.4) is 0 Å². The van der Waals surface area contributed by atoms with Gasteiger partial charge in [-0.25, -0.2) is 4.98 Å². The number of hydrogen-bond donors (Lipinski definition) is 2. The largest absolute Gasteiger partial charge is 0.497 e. The van der Waals surface area contributed by atoms with E-state index in [0.29, 0.717) is 6.42 Å². The van der Waals surface area contributed by atoms with Crippen molar-refractivity contribution in [2.75, 3.05) is 13.7 Å². The Morgan fingerprint density at radius 2 is 2.29 bits per heavy atom. The van der Waals surface area contributed by atoms with E-state index in [1.54, 1.807) is 7.11 Å². The summed E-state index contributed by atoms with van der Waals surface area (Å²) < 4.78 is 7.11. The van der Waals surface area contributed by atoms with Gasteiger partial charge in [-0.1, -0.05) is 0 Å². The summed E-state index contributed by atoms with van der Waals surface area (Å²) in [5.41, 5.74) is 7.83. The fraction of sp³-hybridized carbons (Fsp3) is 0.417. The van der Waals surface area contributed by atoms with Crippen molar-refractivity contribution in [2.45, 2.75) is 12.5 Å². The van der Waals surface area contributed by atoms with E-state index in [-0.39, 0.29) is 12.6 Å². The van der Waals surface area contributed by atoms with E-state index >= 15 is 0 Å². The predicted octanol–water partition coefficient (Wildman–Crippen LogP) is 0.964. The summed E-state index contributed by atoms with van der Waals surface area (Å²) in [6.45, 7) is 0.0632. The molecule has 0 aliphatic rings. The van der Waals surface area contributed by atoms with Gasteiger partial charge in [-0.2, -0.15) is 0 Å². The molecule has 0 radical (unpaired) electrons. The molecular formula is C12H17N3O2. The van der Waals surface area contributed by atoms with Crippen molar-refractivity contribution < 1.29 is 9.84 Å². The van der Waals surface area contributed by atoms with Crippen LogP contribution in [0.15, 0.2) is 18.2 Å². The van der Waals surface area contributed by atoms with Gasteiger partial charge in [-0.3, -0.25) is 0 Å². The third-order valence-electron chi connectivity index (χ3n) is 2.89. The van der Waals surface area contributed by atoms with Gasteiger partial charge in [0.2, 0.25) is 0 Å². The van der Waals surface area contributed by atoms with Crippen LogP contribution in [0.4, 0.5) is 0 Å². The molecule has 1 unspecified atom stereocenters. The van der Waals surface area contributed by atoms with Crippen molar-refractivity contribution in [3.05, 3.63) is 24.0 Å². The lowest BCUT2D eigenvalue weighted by atomic mass is 10.2. The number of aryl methyl sites for hydroxylation is 1. The number of hydrogen-bond acceptors (Lipinski definition) is 4. The zero-order valence-corrected chi connectivity index (χ0v) is 10.1. The molecule has 0 saturated carbocycles. The number of nitrogens with two attached hydrogens (primary N) is 1. The van der Waals surface area contributed by atoms with Crippen LogP contribution >= 0.6 is 0 Å². The topological polar surface area (TPSA) is 73.3 Å². The molecule has 0 aliphatic carbocycles. The number of aromatic nitrogens is 2. The fourth-order valence-electron chi connectivity index (χ4n) is 1.93. The molecule has 1 heterocycles. The Balaban J connectivity index is 2.48. The van der Waals surface area contributed by atoms with E-state index in [9.17, 15) is 0 Å². The Morgan fingerprint density at radius 3 is 2.94 bits per heavy atom. The Hall–Kier alpha value is -1.59. The van der Waals surface area contributed by atoms with Gasteiger partial charge >= 0.3 is 0 Å². The molecule has 1 aromatic carbocycles. The van der Waals surface area contributed by atoms with Crippen molar-refractivity contribution in [1.29, 1.82) is 0 Å². The SMILES string of the molecule is COc1ccc2c(c1)nc(C(N)CCO)n2C. The number of benzene rings is 1. The molecule has 0 aliphatic heterocycles. The third-order valence-corrected chi connectivity index (χ3v) is 2.89. The molecule has 2 rings (SSSR count). The molecule has 1 aromatic heterocycles. The summed E-state index contributed by atoms with van der Waals surface area (Å²) in [5.74, 6) is 1.56. The fourth-order valence-corrected chi connectivity index (χ4v) is 1.93. The molecule has 2 aromatic rings. The van der Waals surface area contributed by atoms with Crippen molar-refractivity contribution in [2.24, 2.45) is 12.8 Å². The average Bonchev–Trinajstić information content (AvgIpc) is 2.66. The molecule has 5 heteroatoms. The first-order chi connectivity index (χ1) is 8.17. The van der Waals surface area contributed by atoms with Gasteiger partial charge in [0, 0.05) is 19.7 Å². The van der Waals surface area contributed by atoms with Crippen LogP contribution in [0.25, 0.3) is 11.0 Å². The van der Waals surface area contributed by atoms with Crippen LogP contribution in [0.2, 0.25) is 0 Å². The van der Waals surface area contributed by atoms with Crippen molar-refractivity contribution in [1.82, 2.24) is 9.55 Å². The standard InChI is InChI=1S/C12H17N3O2/c1-15-11-4-3-8(17-2)7-10(11)14-12(15)9(13)5-6-16/h3-4,7,9,16H,5-6,13H2,1-2H3. The molecular weight excluding hydrogens is 218 g/mol. The molecule has 0 amide bonds. The molecule has 3 N–H and O–H groups in total. The first-order valence-electron chi connectivity index (χ1n) is 5.54. The second-order valence-corrected chi connectivity index (χ2v) is 4.00. The maximum Gasteiger partial charge on any atom is 0.126 e. The van der Waals surface area contributed by atoms with E-state index in [2.05, 4.69) is 4.98 Å². The Labute approximate surface area is 99.8 Å². The quantitative estimate of drug-likeness (QED) is 0.828. The van der Waals surface area contributed by atoms with Gasteiger partial charge in [0.05, 0.1) is 24.2 Å². The summed E-state index contributed by atoms with van der Waals surface area (Å²) in [4.78, 5) is 4.49. The van der Waals surface area contributed by atoms with E-state index in [1.165, 1.54) is 0 Å². The van der Waals surface area contributed by atoms with Crippen LogP contribution in [0.5, 0.6) is 5.75 Å². The molecule has 1 atom stereocenters. The molecule has 17 heavy (non-hydrogen) atoms. The minimum absolute atomic E-state index is 0.0632. The first-order valence-corrected chi connectivity index (χ1v) is 5.54. The van der Waals surface area contributed by atoms with Crippen molar-refractivity contribution >= 4 is 11.0 Å². The van der Waals surface area contributed by atoms with E-state index in [1.807, 2.05) is 29.8 Å². The van der Waals surface area contributed by atoms with Gasteiger partial charge in [0.1, 0.15) is 11.6 Å². The van der Waals surface area contributed by atoms with Gasteiger partial charge in [0.25, 0.3) is 0 Å².